The van der Waals surface area contributed by atoms with Crippen molar-refractivity contribution in [3.05, 3.63) is 59.2 Å². The van der Waals surface area contributed by atoms with E-state index >= 15 is 0 Å². The highest BCUT2D eigenvalue weighted by Gasteiger charge is 2.24. The van der Waals surface area contributed by atoms with Crippen LogP contribution in [0.5, 0.6) is 5.75 Å². The highest BCUT2D eigenvalue weighted by molar-refractivity contribution is 6.00. The molecule has 1 aromatic heterocycles. The van der Waals surface area contributed by atoms with Gasteiger partial charge in [-0.2, -0.15) is 0 Å². The molecule has 3 aromatic rings. The molecule has 0 spiro atoms. The molecule has 1 aliphatic heterocycles. The summed E-state index contributed by atoms with van der Waals surface area (Å²) < 4.78 is 17.9. The van der Waals surface area contributed by atoms with Gasteiger partial charge >= 0.3 is 11.9 Å². The van der Waals surface area contributed by atoms with Crippen molar-refractivity contribution in [2.24, 2.45) is 0 Å². The third kappa shape index (κ3) is 3.93. The second-order valence-corrected chi connectivity index (χ2v) is 8.51. The van der Waals surface area contributed by atoms with Crippen LogP contribution in [0.15, 0.2) is 48.0 Å². The Hall–Kier alpha value is -3.54. The smallest absolute Gasteiger partial charge is 0.338 e. The summed E-state index contributed by atoms with van der Waals surface area (Å²) in [6.45, 7) is 5.84. The Labute approximate surface area is 181 Å². The molecular weight excluding hydrogens is 394 g/mol. The van der Waals surface area contributed by atoms with Crippen LogP contribution in [0.1, 0.15) is 36.7 Å². The van der Waals surface area contributed by atoms with Gasteiger partial charge < -0.3 is 18.8 Å². The van der Waals surface area contributed by atoms with Crippen LogP contribution >= 0.6 is 0 Å². The molecule has 0 unspecified atom stereocenters. The van der Waals surface area contributed by atoms with Gasteiger partial charge in [0.25, 0.3) is 0 Å². The molecule has 0 atom stereocenters. The first kappa shape index (κ1) is 20.7. The van der Waals surface area contributed by atoms with Gasteiger partial charge in [-0.05, 0) is 68.8 Å². The summed E-state index contributed by atoms with van der Waals surface area (Å²) in [5.41, 5.74) is 4.02. The average molecular weight is 419 g/mol. The topological polar surface area (TPSA) is 66.8 Å². The van der Waals surface area contributed by atoms with E-state index in [4.69, 9.17) is 14.2 Å². The van der Waals surface area contributed by atoms with Crippen LogP contribution in [0.4, 0.5) is 0 Å². The number of ether oxygens (including phenoxy) is 3. The quantitative estimate of drug-likeness (QED) is 0.568. The molecule has 6 nitrogen and oxygen atoms in total. The summed E-state index contributed by atoms with van der Waals surface area (Å²) in [4.78, 5) is 25.1. The van der Waals surface area contributed by atoms with Gasteiger partial charge in [-0.1, -0.05) is 6.07 Å². The minimum Gasteiger partial charge on any atom is -0.497 e. The van der Waals surface area contributed by atoms with Gasteiger partial charge in [0, 0.05) is 16.5 Å². The van der Waals surface area contributed by atoms with E-state index < -0.39 is 11.6 Å². The molecule has 4 rings (SSSR count). The Morgan fingerprint density at radius 2 is 1.74 bits per heavy atom. The molecule has 0 saturated heterocycles. The third-order valence-corrected chi connectivity index (χ3v) is 5.18. The predicted octanol–water partition coefficient (Wildman–Crippen LogP) is 4.84. The average Bonchev–Trinajstić information content (AvgIpc) is 3.00. The second-order valence-electron chi connectivity index (χ2n) is 8.51. The normalized spacial score (nSPS) is 13.0. The number of carbonyl (C=O) groups excluding carboxylic acids is 2. The Morgan fingerprint density at radius 3 is 2.42 bits per heavy atom. The van der Waals surface area contributed by atoms with E-state index in [0.717, 1.165) is 27.7 Å². The first-order valence-electron chi connectivity index (χ1n) is 10.0. The Morgan fingerprint density at radius 1 is 0.968 bits per heavy atom. The third-order valence-electron chi connectivity index (χ3n) is 5.18. The maximum absolute atomic E-state index is 12.6. The molecule has 2 aromatic carbocycles. The minimum absolute atomic E-state index is 0.320. The lowest BCUT2D eigenvalue weighted by Crippen LogP contribution is -2.23. The summed E-state index contributed by atoms with van der Waals surface area (Å²) in [6, 6.07) is 13.3. The Balaban J connectivity index is 1.90. The molecule has 2 heterocycles. The van der Waals surface area contributed by atoms with E-state index in [1.165, 1.54) is 7.11 Å². The molecule has 6 heteroatoms. The molecule has 31 heavy (non-hydrogen) atoms. The zero-order valence-electron chi connectivity index (χ0n) is 18.3. The molecule has 0 amide bonds. The molecular formula is C25H25NO5. The van der Waals surface area contributed by atoms with Crippen molar-refractivity contribution < 1.29 is 23.8 Å². The molecule has 0 saturated carbocycles. The summed E-state index contributed by atoms with van der Waals surface area (Å²) >= 11 is 0. The number of nitrogens with zero attached hydrogens (tertiary/aromatic N) is 1. The van der Waals surface area contributed by atoms with Gasteiger partial charge in [-0.3, -0.25) is 0 Å². The Kier molecular flexibility index (Phi) is 5.09. The van der Waals surface area contributed by atoms with E-state index in [-0.39, 0.29) is 5.97 Å². The highest BCUT2D eigenvalue weighted by Crippen LogP contribution is 2.37. The van der Waals surface area contributed by atoms with Gasteiger partial charge in [0.05, 0.1) is 37.6 Å². The van der Waals surface area contributed by atoms with Crippen LogP contribution in [-0.4, -0.2) is 36.3 Å². The number of fused-ring (bicyclic) bond motifs is 5. The first-order chi connectivity index (χ1) is 14.7. The molecule has 1 aliphatic rings. The van der Waals surface area contributed by atoms with Crippen molar-refractivity contribution in [3.63, 3.8) is 0 Å². The fourth-order valence-corrected chi connectivity index (χ4v) is 3.79. The first-order valence-corrected chi connectivity index (χ1v) is 10.0. The summed E-state index contributed by atoms with van der Waals surface area (Å²) in [5.74, 6) is -0.0739. The van der Waals surface area contributed by atoms with Gasteiger partial charge in [0.1, 0.15) is 11.4 Å². The maximum Gasteiger partial charge on any atom is 0.338 e. The summed E-state index contributed by atoms with van der Waals surface area (Å²) in [5, 5.41) is 0.968. The SMILES string of the molecule is COC(=O)C1=Cc2cc(OC)ccc2-c2cc3ccc(C(=O)OC(C)(C)C)cc3n2C1. The number of aromatic nitrogens is 1. The number of hydrogen-bond donors (Lipinski definition) is 0. The van der Waals surface area contributed by atoms with Crippen LogP contribution in [0, 0.1) is 0 Å². The van der Waals surface area contributed by atoms with Crippen molar-refractivity contribution in [2.45, 2.75) is 32.9 Å². The van der Waals surface area contributed by atoms with Crippen LogP contribution < -0.4 is 4.74 Å². The summed E-state index contributed by atoms with van der Waals surface area (Å²) in [7, 11) is 2.98. The van der Waals surface area contributed by atoms with E-state index in [9.17, 15) is 9.59 Å². The monoisotopic (exact) mass is 419 g/mol. The second kappa shape index (κ2) is 7.61. The van der Waals surface area contributed by atoms with Crippen molar-refractivity contribution in [1.29, 1.82) is 0 Å². The number of benzene rings is 2. The molecule has 0 bridgehead atoms. The van der Waals surface area contributed by atoms with Crippen LogP contribution in [0.2, 0.25) is 0 Å². The zero-order valence-corrected chi connectivity index (χ0v) is 18.3. The largest absolute Gasteiger partial charge is 0.497 e. The van der Waals surface area contributed by atoms with E-state index in [2.05, 4.69) is 6.07 Å². The summed E-state index contributed by atoms with van der Waals surface area (Å²) in [6.07, 6.45) is 1.83. The molecule has 0 N–H and O–H groups in total. The van der Waals surface area contributed by atoms with Crippen LogP contribution in [0.3, 0.4) is 0 Å². The number of hydrogen-bond acceptors (Lipinski definition) is 5. The lowest BCUT2D eigenvalue weighted by molar-refractivity contribution is -0.136. The van der Waals surface area contributed by atoms with Crippen LogP contribution in [-0.2, 0) is 20.8 Å². The molecule has 160 valence electrons. The minimum atomic E-state index is -0.582. The fourth-order valence-electron chi connectivity index (χ4n) is 3.79. The van der Waals surface area contributed by atoms with Crippen molar-refractivity contribution >= 4 is 28.9 Å². The molecule has 0 radical (unpaired) electrons. The lowest BCUT2D eigenvalue weighted by atomic mass is 10.0. The zero-order chi connectivity index (χ0) is 22.3. The van der Waals surface area contributed by atoms with Gasteiger partial charge in [0.2, 0.25) is 0 Å². The maximum atomic E-state index is 12.6. The van der Waals surface area contributed by atoms with E-state index in [0.29, 0.717) is 23.4 Å². The number of carbonyl (C=O) groups is 2. The predicted molar refractivity (Wildman–Crippen MR) is 119 cm³/mol. The van der Waals surface area contributed by atoms with Gasteiger partial charge in [0.15, 0.2) is 0 Å². The number of rotatable bonds is 3. The number of esters is 2. The van der Waals surface area contributed by atoms with Crippen molar-refractivity contribution in [1.82, 2.24) is 4.57 Å². The van der Waals surface area contributed by atoms with E-state index in [1.54, 1.807) is 13.2 Å². The van der Waals surface area contributed by atoms with Crippen LogP contribution in [0.25, 0.3) is 28.2 Å². The molecule has 0 fully saturated rings. The van der Waals surface area contributed by atoms with E-state index in [1.807, 2.05) is 61.7 Å². The van der Waals surface area contributed by atoms with Crippen molar-refractivity contribution in [2.75, 3.05) is 14.2 Å². The van der Waals surface area contributed by atoms with Gasteiger partial charge in [-0.15, -0.1) is 0 Å². The highest BCUT2D eigenvalue weighted by atomic mass is 16.6. The fraction of sp³-hybridized carbons (Fsp3) is 0.280. The number of methoxy groups -OCH3 is 2. The lowest BCUT2D eigenvalue weighted by Gasteiger charge is -2.19. The Bertz CT molecular complexity index is 1230. The van der Waals surface area contributed by atoms with Crippen molar-refractivity contribution in [3.8, 4) is 17.0 Å². The van der Waals surface area contributed by atoms with Gasteiger partial charge in [-0.25, -0.2) is 9.59 Å². The molecule has 0 aliphatic carbocycles. The standard InChI is InChI=1S/C25H25NO5/c1-25(2,3)31-24(28)16-7-6-15-12-22-20-9-8-19(29-4)11-17(20)10-18(23(27)30-5)14-26(22)21(15)13-16/h6-13H,14H2,1-5H3.